The Bertz CT molecular complexity index is 446. The van der Waals surface area contributed by atoms with E-state index in [9.17, 15) is 10.1 Å². The van der Waals surface area contributed by atoms with Gasteiger partial charge in [0.1, 0.15) is 6.04 Å². The number of piperazine rings is 1. The fourth-order valence-corrected chi connectivity index (χ4v) is 2.17. The van der Waals surface area contributed by atoms with Crippen molar-refractivity contribution in [2.75, 3.05) is 26.2 Å². The van der Waals surface area contributed by atoms with Gasteiger partial charge in [-0.2, -0.15) is 5.26 Å². The van der Waals surface area contributed by atoms with Crippen LogP contribution in [0.15, 0.2) is 24.4 Å². The number of rotatable bonds is 2. The number of pyridine rings is 1. The van der Waals surface area contributed by atoms with Crippen molar-refractivity contribution in [2.24, 2.45) is 0 Å². The molecule has 0 N–H and O–H groups in total. The minimum absolute atomic E-state index is 0.0981. The predicted molar refractivity (Wildman–Crippen MR) is 66.4 cm³/mol. The van der Waals surface area contributed by atoms with Crippen LogP contribution in [0.2, 0.25) is 0 Å². The largest absolute Gasteiger partial charge is 0.340 e. The van der Waals surface area contributed by atoms with Gasteiger partial charge in [0.2, 0.25) is 5.91 Å². The zero-order valence-corrected chi connectivity index (χ0v) is 10.4. The van der Waals surface area contributed by atoms with Crippen molar-refractivity contribution in [2.45, 2.75) is 13.0 Å². The van der Waals surface area contributed by atoms with Crippen LogP contribution in [0.3, 0.4) is 0 Å². The lowest BCUT2D eigenvalue weighted by Crippen LogP contribution is -2.49. The van der Waals surface area contributed by atoms with E-state index in [-0.39, 0.29) is 11.9 Å². The van der Waals surface area contributed by atoms with Gasteiger partial charge < -0.3 is 4.90 Å². The van der Waals surface area contributed by atoms with Gasteiger partial charge in [-0.25, -0.2) is 0 Å². The van der Waals surface area contributed by atoms with Crippen molar-refractivity contribution in [1.82, 2.24) is 14.8 Å². The summed E-state index contributed by atoms with van der Waals surface area (Å²) < 4.78 is 0. The molecule has 1 aliphatic rings. The van der Waals surface area contributed by atoms with Crippen LogP contribution in [0, 0.1) is 11.3 Å². The summed E-state index contributed by atoms with van der Waals surface area (Å²) in [5, 5.41) is 9.29. The van der Waals surface area contributed by atoms with Gasteiger partial charge in [0.25, 0.3) is 0 Å². The van der Waals surface area contributed by atoms with E-state index >= 15 is 0 Å². The van der Waals surface area contributed by atoms with Gasteiger partial charge in [0.15, 0.2) is 0 Å². The van der Waals surface area contributed by atoms with Crippen LogP contribution >= 0.6 is 0 Å². The zero-order chi connectivity index (χ0) is 13.0. The number of nitrogens with zero attached hydrogens (tertiary/aromatic N) is 4. The van der Waals surface area contributed by atoms with Gasteiger partial charge in [0.05, 0.1) is 11.8 Å². The van der Waals surface area contributed by atoms with E-state index in [1.54, 1.807) is 13.1 Å². The van der Waals surface area contributed by atoms with Crippen LogP contribution in [-0.2, 0) is 4.79 Å². The molecule has 18 heavy (non-hydrogen) atoms. The first-order chi connectivity index (χ1) is 8.72. The molecule has 1 saturated heterocycles. The number of hydrogen-bond acceptors (Lipinski definition) is 4. The molecule has 1 aliphatic heterocycles. The van der Waals surface area contributed by atoms with Crippen molar-refractivity contribution in [3.8, 4) is 6.07 Å². The second-order valence-corrected chi connectivity index (χ2v) is 4.33. The average Bonchev–Trinajstić information content (AvgIpc) is 2.41. The molecule has 1 aromatic rings. The molecule has 0 aromatic carbocycles. The fraction of sp³-hybridized carbons (Fsp3) is 0.462. The second kappa shape index (κ2) is 5.61. The molecule has 1 amide bonds. The van der Waals surface area contributed by atoms with E-state index in [0.29, 0.717) is 26.2 Å². The Morgan fingerprint density at radius 1 is 1.39 bits per heavy atom. The molecule has 1 fully saturated rings. The lowest BCUT2D eigenvalue weighted by atomic mass is 10.1. The number of nitriles is 1. The third-order valence-electron chi connectivity index (χ3n) is 3.21. The molecule has 1 aromatic heterocycles. The minimum atomic E-state index is -0.319. The standard InChI is InChI=1S/C13H16N4O/c1-11(18)16-6-8-17(9-7-16)13(10-14)12-4-2-3-5-15-12/h2-5,13H,6-9H2,1H3. The van der Waals surface area contributed by atoms with E-state index in [1.807, 2.05) is 23.1 Å². The number of carbonyl (C=O) groups excluding carboxylic acids is 1. The van der Waals surface area contributed by atoms with Crippen LogP contribution in [-0.4, -0.2) is 46.9 Å². The Morgan fingerprint density at radius 3 is 2.61 bits per heavy atom. The van der Waals surface area contributed by atoms with Crippen molar-refractivity contribution >= 4 is 5.91 Å². The highest BCUT2D eigenvalue weighted by Crippen LogP contribution is 2.19. The lowest BCUT2D eigenvalue weighted by molar-refractivity contribution is -0.130. The first-order valence-electron chi connectivity index (χ1n) is 6.02. The molecule has 0 spiro atoms. The van der Waals surface area contributed by atoms with Crippen LogP contribution < -0.4 is 0 Å². The maximum absolute atomic E-state index is 11.2. The van der Waals surface area contributed by atoms with Crippen molar-refractivity contribution in [1.29, 1.82) is 5.26 Å². The summed E-state index contributed by atoms with van der Waals surface area (Å²) in [5.74, 6) is 0.0981. The van der Waals surface area contributed by atoms with E-state index < -0.39 is 0 Å². The summed E-state index contributed by atoms with van der Waals surface area (Å²) in [6.45, 7) is 4.37. The summed E-state index contributed by atoms with van der Waals surface area (Å²) in [6, 6.07) is 7.57. The van der Waals surface area contributed by atoms with Gasteiger partial charge in [-0.3, -0.25) is 14.7 Å². The summed E-state index contributed by atoms with van der Waals surface area (Å²) in [7, 11) is 0. The van der Waals surface area contributed by atoms with Crippen molar-refractivity contribution < 1.29 is 4.79 Å². The number of amides is 1. The van der Waals surface area contributed by atoms with Crippen molar-refractivity contribution in [3.05, 3.63) is 30.1 Å². The second-order valence-electron chi connectivity index (χ2n) is 4.33. The number of aromatic nitrogens is 1. The molecule has 0 aliphatic carbocycles. The number of hydrogen-bond donors (Lipinski definition) is 0. The van der Waals surface area contributed by atoms with Gasteiger partial charge in [-0.1, -0.05) is 6.07 Å². The maximum atomic E-state index is 11.2. The molecule has 5 nitrogen and oxygen atoms in total. The number of carbonyl (C=O) groups is 1. The van der Waals surface area contributed by atoms with Crippen LogP contribution in [0.25, 0.3) is 0 Å². The summed E-state index contributed by atoms with van der Waals surface area (Å²) in [4.78, 5) is 19.4. The minimum Gasteiger partial charge on any atom is -0.340 e. The molecular weight excluding hydrogens is 228 g/mol. The molecule has 0 saturated carbocycles. The third-order valence-corrected chi connectivity index (χ3v) is 3.21. The van der Waals surface area contributed by atoms with E-state index in [4.69, 9.17) is 0 Å². The monoisotopic (exact) mass is 244 g/mol. The summed E-state index contributed by atoms with van der Waals surface area (Å²) in [5.41, 5.74) is 0.774. The van der Waals surface area contributed by atoms with Crippen LogP contribution in [0.1, 0.15) is 18.7 Å². The third kappa shape index (κ3) is 2.66. The molecule has 2 heterocycles. The average molecular weight is 244 g/mol. The molecule has 0 bridgehead atoms. The quantitative estimate of drug-likeness (QED) is 0.772. The van der Waals surface area contributed by atoms with Gasteiger partial charge in [-0.15, -0.1) is 0 Å². The first-order valence-corrected chi connectivity index (χ1v) is 6.02. The Balaban J connectivity index is 2.04. The maximum Gasteiger partial charge on any atom is 0.219 e. The Kier molecular flexibility index (Phi) is 3.90. The summed E-state index contributed by atoms with van der Waals surface area (Å²) in [6.07, 6.45) is 1.70. The molecular formula is C13H16N4O. The molecule has 94 valence electrons. The predicted octanol–water partition coefficient (Wildman–Crippen LogP) is 0.810. The smallest absolute Gasteiger partial charge is 0.219 e. The highest BCUT2D eigenvalue weighted by molar-refractivity contribution is 5.73. The fourth-order valence-electron chi connectivity index (χ4n) is 2.17. The molecule has 1 unspecified atom stereocenters. The van der Waals surface area contributed by atoms with E-state index in [0.717, 1.165) is 5.69 Å². The molecule has 5 heteroatoms. The first kappa shape index (κ1) is 12.5. The van der Waals surface area contributed by atoms with Crippen LogP contribution in [0.5, 0.6) is 0 Å². The molecule has 2 rings (SSSR count). The SMILES string of the molecule is CC(=O)N1CCN(C(C#N)c2ccccn2)CC1. The topological polar surface area (TPSA) is 60.2 Å². The van der Waals surface area contributed by atoms with Gasteiger partial charge >= 0.3 is 0 Å². The Hall–Kier alpha value is -1.93. The highest BCUT2D eigenvalue weighted by atomic mass is 16.2. The zero-order valence-electron chi connectivity index (χ0n) is 10.4. The molecule has 1 atom stereocenters. The van der Waals surface area contributed by atoms with E-state index in [2.05, 4.69) is 16.0 Å². The summed E-state index contributed by atoms with van der Waals surface area (Å²) >= 11 is 0. The van der Waals surface area contributed by atoms with Gasteiger partial charge in [-0.05, 0) is 12.1 Å². The Morgan fingerprint density at radius 2 is 2.11 bits per heavy atom. The Labute approximate surface area is 107 Å². The van der Waals surface area contributed by atoms with Crippen molar-refractivity contribution in [3.63, 3.8) is 0 Å². The van der Waals surface area contributed by atoms with Gasteiger partial charge in [0, 0.05) is 39.3 Å². The lowest BCUT2D eigenvalue weighted by Gasteiger charge is -2.36. The van der Waals surface area contributed by atoms with Crippen LogP contribution in [0.4, 0.5) is 0 Å². The van der Waals surface area contributed by atoms with E-state index in [1.165, 1.54) is 0 Å². The normalized spacial score (nSPS) is 18.1. The highest BCUT2D eigenvalue weighted by Gasteiger charge is 2.26. The molecule has 0 radical (unpaired) electrons.